The summed E-state index contributed by atoms with van der Waals surface area (Å²) in [5.74, 6) is 0. The fraction of sp³-hybridized carbons (Fsp3) is 0.750. The first-order valence-electron chi connectivity index (χ1n) is 7.91. The Morgan fingerprint density at radius 1 is 1.35 bits per heavy atom. The van der Waals surface area contributed by atoms with Gasteiger partial charge in [0.2, 0.25) is 0 Å². The normalized spacial score (nSPS) is 27.9. The molecule has 3 nitrogen and oxygen atoms in total. The molecule has 2 atom stereocenters. The van der Waals surface area contributed by atoms with E-state index in [2.05, 4.69) is 36.2 Å². The van der Waals surface area contributed by atoms with Gasteiger partial charge in [-0.05, 0) is 38.3 Å². The molecule has 20 heavy (non-hydrogen) atoms. The SMILES string of the molecule is CCC1COC(C)CN1Cc1ccc(CNC2CC2)s1. The molecule has 1 saturated heterocycles. The lowest BCUT2D eigenvalue weighted by Gasteiger charge is -2.38. The monoisotopic (exact) mass is 294 g/mol. The van der Waals surface area contributed by atoms with Gasteiger partial charge in [-0.1, -0.05) is 6.92 Å². The summed E-state index contributed by atoms with van der Waals surface area (Å²) in [6.45, 7) is 8.52. The van der Waals surface area contributed by atoms with Crippen LogP contribution in [-0.2, 0) is 17.8 Å². The van der Waals surface area contributed by atoms with E-state index in [0.29, 0.717) is 12.1 Å². The zero-order valence-electron chi connectivity index (χ0n) is 12.6. The zero-order valence-corrected chi connectivity index (χ0v) is 13.4. The van der Waals surface area contributed by atoms with Gasteiger partial charge in [0.15, 0.2) is 0 Å². The van der Waals surface area contributed by atoms with Crippen LogP contribution in [0, 0.1) is 0 Å². The second-order valence-electron chi connectivity index (χ2n) is 6.16. The first-order chi connectivity index (χ1) is 9.74. The van der Waals surface area contributed by atoms with E-state index in [0.717, 1.165) is 32.3 Å². The Morgan fingerprint density at radius 2 is 2.15 bits per heavy atom. The molecule has 0 aromatic carbocycles. The predicted octanol–water partition coefficient (Wildman–Crippen LogP) is 3.00. The van der Waals surface area contributed by atoms with E-state index < -0.39 is 0 Å². The van der Waals surface area contributed by atoms with Gasteiger partial charge in [0.1, 0.15) is 0 Å². The summed E-state index contributed by atoms with van der Waals surface area (Å²) >= 11 is 1.97. The molecule has 2 fully saturated rings. The van der Waals surface area contributed by atoms with Crippen LogP contribution in [0.25, 0.3) is 0 Å². The molecule has 1 aliphatic heterocycles. The lowest BCUT2D eigenvalue weighted by atomic mass is 10.1. The van der Waals surface area contributed by atoms with Gasteiger partial charge < -0.3 is 10.1 Å². The van der Waals surface area contributed by atoms with Crippen LogP contribution in [0.1, 0.15) is 42.9 Å². The summed E-state index contributed by atoms with van der Waals surface area (Å²) in [6.07, 6.45) is 4.27. The lowest BCUT2D eigenvalue weighted by Crippen LogP contribution is -2.47. The van der Waals surface area contributed by atoms with Gasteiger partial charge in [0.05, 0.1) is 12.7 Å². The third-order valence-corrected chi connectivity index (χ3v) is 5.34. The molecule has 2 aliphatic rings. The third-order valence-electron chi connectivity index (χ3n) is 4.27. The van der Waals surface area contributed by atoms with Crippen molar-refractivity contribution in [2.24, 2.45) is 0 Å². The van der Waals surface area contributed by atoms with Crippen molar-refractivity contribution < 1.29 is 4.74 Å². The number of morpholine rings is 1. The van der Waals surface area contributed by atoms with Gasteiger partial charge in [-0.2, -0.15) is 0 Å². The quantitative estimate of drug-likeness (QED) is 0.873. The van der Waals surface area contributed by atoms with Crippen molar-refractivity contribution in [2.45, 2.75) is 64.4 Å². The molecule has 0 bridgehead atoms. The molecule has 1 aromatic heterocycles. The summed E-state index contributed by atoms with van der Waals surface area (Å²) in [5, 5.41) is 3.59. The summed E-state index contributed by atoms with van der Waals surface area (Å²) in [7, 11) is 0. The van der Waals surface area contributed by atoms with Crippen molar-refractivity contribution in [3.05, 3.63) is 21.9 Å². The number of nitrogens with one attached hydrogen (secondary N) is 1. The van der Waals surface area contributed by atoms with Crippen LogP contribution in [-0.4, -0.2) is 36.2 Å². The Labute approximate surface area is 126 Å². The second-order valence-corrected chi connectivity index (χ2v) is 7.41. The minimum atomic E-state index is 0.369. The van der Waals surface area contributed by atoms with Crippen molar-refractivity contribution >= 4 is 11.3 Å². The number of rotatable bonds is 6. The van der Waals surface area contributed by atoms with Crippen molar-refractivity contribution in [2.75, 3.05) is 13.2 Å². The largest absolute Gasteiger partial charge is 0.376 e. The van der Waals surface area contributed by atoms with Gasteiger partial charge in [0, 0.05) is 41.5 Å². The molecule has 4 heteroatoms. The third kappa shape index (κ3) is 3.82. The highest BCUT2D eigenvalue weighted by Gasteiger charge is 2.26. The van der Waals surface area contributed by atoms with E-state index in [4.69, 9.17) is 4.74 Å². The van der Waals surface area contributed by atoms with E-state index in [-0.39, 0.29) is 0 Å². The van der Waals surface area contributed by atoms with Crippen molar-refractivity contribution in [1.29, 1.82) is 0 Å². The Hall–Kier alpha value is -0.420. The van der Waals surface area contributed by atoms with Crippen LogP contribution in [0.4, 0.5) is 0 Å². The van der Waals surface area contributed by atoms with Gasteiger partial charge in [-0.3, -0.25) is 4.90 Å². The molecule has 1 N–H and O–H groups in total. The highest BCUT2D eigenvalue weighted by molar-refractivity contribution is 7.11. The van der Waals surface area contributed by atoms with Crippen LogP contribution in [0.5, 0.6) is 0 Å². The molecule has 3 rings (SSSR count). The van der Waals surface area contributed by atoms with E-state index in [1.54, 1.807) is 0 Å². The lowest BCUT2D eigenvalue weighted by molar-refractivity contribution is -0.0588. The van der Waals surface area contributed by atoms with Gasteiger partial charge in [0.25, 0.3) is 0 Å². The van der Waals surface area contributed by atoms with Gasteiger partial charge in [-0.15, -0.1) is 11.3 Å². The smallest absolute Gasteiger partial charge is 0.0674 e. The fourth-order valence-corrected chi connectivity index (χ4v) is 3.81. The van der Waals surface area contributed by atoms with Crippen LogP contribution < -0.4 is 5.32 Å². The van der Waals surface area contributed by atoms with Crippen LogP contribution >= 0.6 is 11.3 Å². The molecule has 0 radical (unpaired) electrons. The average molecular weight is 294 g/mol. The molecule has 1 aromatic rings. The molecule has 112 valence electrons. The minimum absolute atomic E-state index is 0.369. The first-order valence-corrected chi connectivity index (χ1v) is 8.73. The topological polar surface area (TPSA) is 24.5 Å². The van der Waals surface area contributed by atoms with Gasteiger partial charge >= 0.3 is 0 Å². The molecule has 2 heterocycles. The number of nitrogens with zero attached hydrogens (tertiary/aromatic N) is 1. The van der Waals surface area contributed by atoms with Crippen molar-refractivity contribution in [3.63, 3.8) is 0 Å². The van der Waals surface area contributed by atoms with Crippen molar-refractivity contribution in [3.8, 4) is 0 Å². The molecular weight excluding hydrogens is 268 g/mol. The fourth-order valence-electron chi connectivity index (χ4n) is 2.82. The van der Waals surface area contributed by atoms with E-state index in [1.807, 2.05) is 11.3 Å². The molecule has 2 unspecified atom stereocenters. The number of thiophene rings is 1. The molecule has 1 aliphatic carbocycles. The van der Waals surface area contributed by atoms with E-state index >= 15 is 0 Å². The van der Waals surface area contributed by atoms with Crippen molar-refractivity contribution in [1.82, 2.24) is 10.2 Å². The highest BCUT2D eigenvalue weighted by atomic mass is 32.1. The Kier molecular flexibility index (Phi) is 4.76. The number of ether oxygens (including phenoxy) is 1. The van der Waals surface area contributed by atoms with E-state index in [9.17, 15) is 0 Å². The highest BCUT2D eigenvalue weighted by Crippen LogP contribution is 2.24. The van der Waals surface area contributed by atoms with Crippen LogP contribution in [0.15, 0.2) is 12.1 Å². The summed E-state index contributed by atoms with van der Waals surface area (Å²) in [6, 6.07) is 5.98. The second kappa shape index (κ2) is 6.56. The zero-order chi connectivity index (χ0) is 13.9. The molecule has 0 spiro atoms. The van der Waals surface area contributed by atoms with Crippen LogP contribution in [0.3, 0.4) is 0 Å². The maximum absolute atomic E-state index is 5.78. The maximum atomic E-state index is 5.78. The summed E-state index contributed by atoms with van der Waals surface area (Å²) < 4.78 is 5.78. The number of hydrogen-bond acceptors (Lipinski definition) is 4. The number of hydrogen-bond donors (Lipinski definition) is 1. The Morgan fingerprint density at radius 3 is 2.90 bits per heavy atom. The minimum Gasteiger partial charge on any atom is -0.376 e. The predicted molar refractivity (Wildman–Crippen MR) is 84.1 cm³/mol. The summed E-state index contributed by atoms with van der Waals surface area (Å²) in [4.78, 5) is 5.56. The summed E-state index contributed by atoms with van der Waals surface area (Å²) in [5.41, 5.74) is 0. The van der Waals surface area contributed by atoms with Crippen LogP contribution in [0.2, 0.25) is 0 Å². The first kappa shape index (κ1) is 14.5. The molecular formula is C16H26N2OS. The Balaban J connectivity index is 1.55. The molecule has 0 amide bonds. The Bertz CT molecular complexity index is 430. The maximum Gasteiger partial charge on any atom is 0.0674 e. The standard InChI is InChI=1S/C16H26N2OS/c1-3-14-11-19-12(2)9-18(14)10-16-7-6-15(20-16)8-17-13-4-5-13/h6-7,12-14,17H,3-5,8-11H2,1-2H3. The van der Waals surface area contributed by atoms with Gasteiger partial charge in [-0.25, -0.2) is 0 Å². The molecule has 1 saturated carbocycles. The average Bonchev–Trinajstić information content (AvgIpc) is 3.17. The van der Waals surface area contributed by atoms with E-state index in [1.165, 1.54) is 29.0 Å².